The monoisotopic (exact) mass is 361 g/mol. The minimum Gasteiger partial charge on any atom is -0.374 e. The summed E-state index contributed by atoms with van der Waals surface area (Å²) in [4.78, 5) is 21.5. The molecule has 3 aliphatic rings. The molecule has 0 radical (unpaired) electrons. The first-order chi connectivity index (χ1) is 12.3. The second kappa shape index (κ2) is 7.61. The lowest BCUT2D eigenvalue weighted by Crippen LogP contribution is -2.40. The number of amides is 1. The molecule has 134 valence electrons. The van der Waals surface area contributed by atoms with Gasteiger partial charge in [0.15, 0.2) is 5.17 Å². The Balaban J connectivity index is 1.37. The Bertz CT molecular complexity index is 673. The summed E-state index contributed by atoms with van der Waals surface area (Å²) < 4.78 is 7.78. The summed E-state index contributed by atoms with van der Waals surface area (Å²) in [6.45, 7) is 4.62. The van der Waals surface area contributed by atoms with Gasteiger partial charge in [0.1, 0.15) is 0 Å². The van der Waals surface area contributed by atoms with Gasteiger partial charge in [-0.2, -0.15) is 5.10 Å². The number of aliphatic imine (C=N–C) groups is 1. The smallest absolute Gasteiger partial charge is 0.228 e. The molecule has 25 heavy (non-hydrogen) atoms. The highest BCUT2D eigenvalue weighted by molar-refractivity contribution is 8.16. The predicted molar refractivity (Wildman–Crippen MR) is 97.1 cm³/mol. The summed E-state index contributed by atoms with van der Waals surface area (Å²) >= 11 is 1.64. The van der Waals surface area contributed by atoms with Gasteiger partial charge >= 0.3 is 0 Å². The Morgan fingerprint density at radius 1 is 1.36 bits per heavy atom. The number of carbonyl (C=O) groups is 1. The van der Waals surface area contributed by atoms with Crippen LogP contribution < -0.4 is 0 Å². The molecule has 0 spiro atoms. The van der Waals surface area contributed by atoms with Crippen LogP contribution in [0.4, 0.5) is 0 Å². The van der Waals surface area contributed by atoms with Gasteiger partial charge in [0.2, 0.25) is 5.91 Å². The van der Waals surface area contributed by atoms with Gasteiger partial charge in [-0.05, 0) is 24.3 Å². The van der Waals surface area contributed by atoms with Gasteiger partial charge in [-0.1, -0.05) is 11.8 Å². The Labute approximate surface area is 151 Å². The number of hydrogen-bond donors (Lipinski definition) is 0. The van der Waals surface area contributed by atoms with Crippen LogP contribution in [0.2, 0.25) is 0 Å². The fraction of sp³-hybridized carbons (Fsp3) is 0.588. The van der Waals surface area contributed by atoms with Crippen molar-refractivity contribution in [3.8, 4) is 0 Å². The number of rotatable bonds is 4. The molecule has 0 aliphatic carbocycles. The van der Waals surface area contributed by atoms with Crippen LogP contribution in [0.15, 0.2) is 34.6 Å². The number of nitrogens with zero attached hydrogens (tertiary/aromatic N) is 5. The molecule has 1 atom stereocenters. The SMILES string of the molecule is O=C(CC1=CSC2=NCCCN12)N1CCCO[C@H](Cn2cccn2)C1. The van der Waals surface area contributed by atoms with Crippen molar-refractivity contribution in [3.05, 3.63) is 29.6 Å². The van der Waals surface area contributed by atoms with E-state index in [1.165, 1.54) is 0 Å². The summed E-state index contributed by atoms with van der Waals surface area (Å²) in [5, 5.41) is 7.37. The summed E-state index contributed by atoms with van der Waals surface area (Å²) in [5.41, 5.74) is 1.09. The second-order valence-electron chi connectivity index (χ2n) is 6.49. The Kier molecular flexibility index (Phi) is 5.07. The summed E-state index contributed by atoms with van der Waals surface area (Å²) in [6.07, 6.45) is 6.07. The number of aromatic nitrogens is 2. The van der Waals surface area contributed by atoms with Crippen molar-refractivity contribution in [2.75, 3.05) is 32.8 Å². The van der Waals surface area contributed by atoms with Crippen LogP contribution in [0.1, 0.15) is 19.3 Å². The second-order valence-corrected chi connectivity index (χ2v) is 7.32. The van der Waals surface area contributed by atoms with Crippen LogP contribution in [0.25, 0.3) is 0 Å². The zero-order valence-electron chi connectivity index (χ0n) is 14.2. The first kappa shape index (κ1) is 16.7. The highest BCUT2D eigenvalue weighted by Crippen LogP contribution is 2.31. The Morgan fingerprint density at radius 2 is 2.32 bits per heavy atom. The van der Waals surface area contributed by atoms with Gasteiger partial charge in [0.25, 0.3) is 0 Å². The molecule has 0 aromatic carbocycles. The molecule has 0 bridgehead atoms. The van der Waals surface area contributed by atoms with E-state index in [0.29, 0.717) is 26.1 Å². The largest absolute Gasteiger partial charge is 0.374 e. The molecule has 0 unspecified atom stereocenters. The molecule has 1 aromatic heterocycles. The minimum absolute atomic E-state index is 0.00890. The Hall–Kier alpha value is -1.80. The van der Waals surface area contributed by atoms with Gasteiger partial charge in [0, 0.05) is 50.9 Å². The molecule has 1 saturated heterocycles. The van der Waals surface area contributed by atoms with Crippen molar-refractivity contribution in [3.63, 3.8) is 0 Å². The number of fused-ring (bicyclic) bond motifs is 1. The molecule has 0 N–H and O–H groups in total. The van der Waals surface area contributed by atoms with Crippen LogP contribution in [-0.4, -0.2) is 69.5 Å². The van der Waals surface area contributed by atoms with Crippen molar-refractivity contribution in [1.82, 2.24) is 19.6 Å². The molecule has 0 saturated carbocycles. The fourth-order valence-corrected chi connectivity index (χ4v) is 4.34. The van der Waals surface area contributed by atoms with E-state index in [4.69, 9.17) is 4.74 Å². The van der Waals surface area contributed by atoms with Crippen LogP contribution >= 0.6 is 11.8 Å². The van der Waals surface area contributed by atoms with Gasteiger partial charge in [0.05, 0.1) is 19.1 Å². The van der Waals surface area contributed by atoms with Gasteiger partial charge in [-0.25, -0.2) is 0 Å². The van der Waals surface area contributed by atoms with Crippen molar-refractivity contribution < 1.29 is 9.53 Å². The van der Waals surface area contributed by atoms with E-state index in [0.717, 1.165) is 43.3 Å². The fourth-order valence-electron chi connectivity index (χ4n) is 3.39. The third kappa shape index (κ3) is 3.90. The summed E-state index contributed by atoms with van der Waals surface area (Å²) in [5.74, 6) is 0.176. The average Bonchev–Trinajstić information content (AvgIpc) is 3.21. The number of thioether (sulfide) groups is 1. The number of amidine groups is 1. The quantitative estimate of drug-likeness (QED) is 0.814. The average molecular weight is 361 g/mol. The number of hydrogen-bond acceptors (Lipinski definition) is 6. The van der Waals surface area contributed by atoms with Gasteiger partial charge in [-0.15, -0.1) is 0 Å². The van der Waals surface area contributed by atoms with E-state index in [9.17, 15) is 4.79 Å². The van der Waals surface area contributed by atoms with Crippen LogP contribution in [0.3, 0.4) is 0 Å². The zero-order valence-corrected chi connectivity index (χ0v) is 15.0. The molecule has 4 rings (SSSR count). The van der Waals surface area contributed by atoms with Crippen molar-refractivity contribution >= 4 is 22.8 Å². The predicted octanol–water partition coefficient (Wildman–Crippen LogP) is 1.54. The topological polar surface area (TPSA) is 63.0 Å². The highest BCUT2D eigenvalue weighted by Gasteiger charge is 2.29. The lowest BCUT2D eigenvalue weighted by atomic mass is 10.2. The number of carbonyl (C=O) groups excluding carboxylic acids is 1. The molecular weight excluding hydrogens is 338 g/mol. The van der Waals surface area contributed by atoms with E-state index in [-0.39, 0.29) is 12.0 Å². The third-order valence-electron chi connectivity index (χ3n) is 4.65. The Morgan fingerprint density at radius 3 is 3.20 bits per heavy atom. The summed E-state index contributed by atoms with van der Waals surface area (Å²) in [7, 11) is 0. The molecule has 7 nitrogen and oxygen atoms in total. The third-order valence-corrected chi connectivity index (χ3v) is 5.60. The number of ether oxygens (including phenoxy) is 1. The molecule has 8 heteroatoms. The normalized spacial score (nSPS) is 23.8. The van der Waals surface area contributed by atoms with E-state index >= 15 is 0 Å². The van der Waals surface area contributed by atoms with Crippen molar-refractivity contribution in [2.24, 2.45) is 4.99 Å². The molecular formula is C17H23N5O2S. The van der Waals surface area contributed by atoms with Crippen LogP contribution in [-0.2, 0) is 16.1 Å². The van der Waals surface area contributed by atoms with E-state index in [1.807, 2.05) is 21.8 Å². The first-order valence-corrected chi connectivity index (χ1v) is 9.72. The molecule has 1 fully saturated rings. The van der Waals surface area contributed by atoms with E-state index < -0.39 is 0 Å². The van der Waals surface area contributed by atoms with E-state index in [1.54, 1.807) is 18.0 Å². The lowest BCUT2D eigenvalue weighted by molar-refractivity contribution is -0.131. The van der Waals surface area contributed by atoms with Gasteiger partial charge in [-0.3, -0.25) is 14.5 Å². The maximum absolute atomic E-state index is 12.9. The van der Waals surface area contributed by atoms with Crippen LogP contribution in [0, 0.1) is 0 Å². The van der Waals surface area contributed by atoms with E-state index in [2.05, 4.69) is 20.4 Å². The highest BCUT2D eigenvalue weighted by atomic mass is 32.2. The maximum Gasteiger partial charge on any atom is 0.228 e. The lowest BCUT2D eigenvalue weighted by Gasteiger charge is -2.28. The molecule has 3 aliphatic heterocycles. The van der Waals surface area contributed by atoms with Gasteiger partial charge < -0.3 is 14.5 Å². The maximum atomic E-state index is 12.9. The molecule has 1 amide bonds. The minimum atomic E-state index is -0.00890. The van der Waals surface area contributed by atoms with Crippen LogP contribution in [0.5, 0.6) is 0 Å². The molecule has 4 heterocycles. The van der Waals surface area contributed by atoms with Crippen molar-refractivity contribution in [1.29, 1.82) is 0 Å². The standard InChI is InChI=1S/C17H23N5O2S/c23-16(10-14-13-25-17-18-4-1-8-22(14)17)20-6-3-9-24-15(11-20)12-21-7-2-5-19-21/h2,5,7,13,15H,1,3-4,6,8-12H2/t15-/m0/s1. The zero-order chi connectivity index (χ0) is 17.1. The molecule has 1 aromatic rings. The first-order valence-electron chi connectivity index (χ1n) is 8.84. The summed E-state index contributed by atoms with van der Waals surface area (Å²) in [6, 6.07) is 1.90. The van der Waals surface area contributed by atoms with Crippen molar-refractivity contribution in [2.45, 2.75) is 31.9 Å².